The number of thiazole rings is 1. The summed E-state index contributed by atoms with van der Waals surface area (Å²) in [5.74, 6) is 0.786. The molecule has 1 fully saturated rings. The van der Waals surface area contributed by atoms with Gasteiger partial charge in [0.1, 0.15) is 11.9 Å². The van der Waals surface area contributed by atoms with Crippen LogP contribution in [0.2, 0.25) is 4.47 Å². The molecule has 1 aliphatic heterocycles. The van der Waals surface area contributed by atoms with Crippen LogP contribution in [0.5, 0.6) is 5.75 Å². The number of halogens is 1. The van der Waals surface area contributed by atoms with Crippen molar-refractivity contribution >= 4 is 34.7 Å². The molecule has 0 bridgehead atoms. The number of carboxylic acid groups (broad SMARTS) is 1. The lowest BCUT2D eigenvalue weighted by molar-refractivity contribution is 0.0130. The summed E-state index contributed by atoms with van der Waals surface area (Å²) in [6.07, 6.45) is 2.29. The fourth-order valence-electron chi connectivity index (χ4n) is 3.52. The van der Waals surface area contributed by atoms with Gasteiger partial charge in [-0.3, -0.25) is 0 Å². The molecule has 1 aromatic heterocycles. The van der Waals surface area contributed by atoms with Gasteiger partial charge in [0.25, 0.3) is 0 Å². The first-order valence-corrected chi connectivity index (χ1v) is 10.5. The van der Waals surface area contributed by atoms with E-state index in [4.69, 9.17) is 16.3 Å². The van der Waals surface area contributed by atoms with Crippen LogP contribution in [0, 0.1) is 5.41 Å². The molecular weight excluding hydrogens is 398 g/mol. The van der Waals surface area contributed by atoms with E-state index in [0.29, 0.717) is 30.4 Å². The first kappa shape index (κ1) is 20.7. The SMILES string of the molecule is CC(C)(C)C1CC(Oc2cccc(NCc3cnc(Cl)s3)c2)CCN1C(=O)O. The number of aromatic nitrogens is 1. The molecule has 1 aliphatic rings. The van der Waals surface area contributed by atoms with Gasteiger partial charge in [0.15, 0.2) is 4.47 Å². The Labute approximate surface area is 174 Å². The van der Waals surface area contributed by atoms with Crippen LogP contribution in [0.3, 0.4) is 0 Å². The van der Waals surface area contributed by atoms with Crippen LogP contribution in [-0.2, 0) is 6.54 Å². The first-order valence-electron chi connectivity index (χ1n) is 9.33. The Morgan fingerprint density at radius 1 is 1.46 bits per heavy atom. The molecule has 0 saturated carbocycles. The van der Waals surface area contributed by atoms with Crippen molar-refractivity contribution in [3.05, 3.63) is 39.8 Å². The van der Waals surface area contributed by atoms with E-state index in [0.717, 1.165) is 16.3 Å². The fraction of sp³-hybridized carbons (Fsp3) is 0.500. The summed E-state index contributed by atoms with van der Waals surface area (Å²) in [6.45, 7) is 7.37. The molecule has 28 heavy (non-hydrogen) atoms. The molecule has 152 valence electrons. The summed E-state index contributed by atoms with van der Waals surface area (Å²) < 4.78 is 6.75. The van der Waals surface area contributed by atoms with Crippen molar-refractivity contribution in [2.75, 3.05) is 11.9 Å². The minimum absolute atomic E-state index is 0.00428. The van der Waals surface area contributed by atoms with Gasteiger partial charge in [-0.15, -0.1) is 11.3 Å². The molecule has 2 aromatic rings. The van der Waals surface area contributed by atoms with E-state index < -0.39 is 6.09 Å². The van der Waals surface area contributed by atoms with Gasteiger partial charge in [0.2, 0.25) is 0 Å². The molecule has 1 amide bonds. The molecule has 0 aliphatic carbocycles. The van der Waals surface area contributed by atoms with Crippen LogP contribution in [0.4, 0.5) is 10.5 Å². The van der Waals surface area contributed by atoms with Gasteiger partial charge in [-0.1, -0.05) is 38.4 Å². The van der Waals surface area contributed by atoms with Crippen molar-refractivity contribution in [1.29, 1.82) is 0 Å². The Bertz CT molecular complexity index is 821. The maximum absolute atomic E-state index is 11.6. The Hall–Kier alpha value is -1.99. The van der Waals surface area contributed by atoms with Crippen molar-refractivity contribution in [3.8, 4) is 5.75 Å². The average Bonchev–Trinajstić information content (AvgIpc) is 3.05. The van der Waals surface area contributed by atoms with Gasteiger partial charge in [-0.05, 0) is 17.5 Å². The lowest BCUT2D eigenvalue weighted by Gasteiger charge is -2.44. The predicted molar refractivity (Wildman–Crippen MR) is 113 cm³/mol. The number of likely N-dealkylation sites (tertiary alicyclic amines) is 1. The van der Waals surface area contributed by atoms with Gasteiger partial charge in [0.05, 0.1) is 6.54 Å². The Balaban J connectivity index is 1.62. The molecule has 2 heterocycles. The highest BCUT2D eigenvalue weighted by Crippen LogP contribution is 2.34. The van der Waals surface area contributed by atoms with Crippen molar-refractivity contribution in [2.24, 2.45) is 5.41 Å². The highest BCUT2D eigenvalue weighted by atomic mass is 35.5. The van der Waals surface area contributed by atoms with Crippen LogP contribution in [0.15, 0.2) is 30.5 Å². The quantitative estimate of drug-likeness (QED) is 0.678. The summed E-state index contributed by atoms with van der Waals surface area (Å²) in [6, 6.07) is 7.77. The second-order valence-corrected chi connectivity index (χ2v) is 9.78. The molecule has 3 rings (SSSR count). The van der Waals surface area contributed by atoms with E-state index in [9.17, 15) is 9.90 Å². The third-order valence-corrected chi connectivity index (χ3v) is 6.04. The molecule has 2 atom stereocenters. The minimum atomic E-state index is -0.854. The summed E-state index contributed by atoms with van der Waals surface area (Å²) in [5.41, 5.74) is 0.817. The zero-order valence-electron chi connectivity index (χ0n) is 16.3. The van der Waals surface area contributed by atoms with Crippen LogP contribution in [0.1, 0.15) is 38.5 Å². The number of hydrogen-bond acceptors (Lipinski definition) is 5. The van der Waals surface area contributed by atoms with Gasteiger partial charge in [-0.2, -0.15) is 0 Å². The van der Waals surface area contributed by atoms with E-state index in [1.54, 1.807) is 11.1 Å². The number of piperidine rings is 1. The molecule has 6 nitrogen and oxygen atoms in total. The highest BCUT2D eigenvalue weighted by molar-refractivity contribution is 7.15. The monoisotopic (exact) mass is 423 g/mol. The van der Waals surface area contributed by atoms with Crippen molar-refractivity contribution < 1.29 is 14.6 Å². The van der Waals surface area contributed by atoms with E-state index >= 15 is 0 Å². The van der Waals surface area contributed by atoms with Crippen LogP contribution < -0.4 is 10.1 Å². The first-order chi connectivity index (χ1) is 13.2. The number of nitrogens with one attached hydrogen (secondary N) is 1. The highest BCUT2D eigenvalue weighted by Gasteiger charge is 2.39. The molecule has 0 spiro atoms. The van der Waals surface area contributed by atoms with E-state index in [1.165, 1.54) is 11.3 Å². The minimum Gasteiger partial charge on any atom is -0.490 e. The Morgan fingerprint density at radius 3 is 2.89 bits per heavy atom. The third kappa shape index (κ3) is 5.29. The van der Waals surface area contributed by atoms with E-state index in [-0.39, 0.29) is 17.6 Å². The topological polar surface area (TPSA) is 74.7 Å². The van der Waals surface area contributed by atoms with E-state index in [1.807, 2.05) is 24.3 Å². The number of ether oxygens (including phenoxy) is 1. The Kier molecular flexibility index (Phi) is 6.35. The average molecular weight is 424 g/mol. The number of benzene rings is 1. The zero-order chi connectivity index (χ0) is 20.3. The molecule has 1 saturated heterocycles. The molecule has 8 heteroatoms. The number of hydrogen-bond donors (Lipinski definition) is 2. The van der Waals surface area contributed by atoms with Gasteiger partial charge < -0.3 is 20.1 Å². The normalized spacial score (nSPS) is 20.1. The summed E-state index contributed by atoms with van der Waals surface area (Å²) in [4.78, 5) is 18.2. The lowest BCUT2D eigenvalue weighted by atomic mass is 9.80. The van der Waals surface area contributed by atoms with Crippen molar-refractivity contribution in [3.63, 3.8) is 0 Å². The van der Waals surface area contributed by atoms with Crippen LogP contribution in [-0.4, -0.2) is 39.8 Å². The van der Waals surface area contributed by atoms with Crippen molar-refractivity contribution in [1.82, 2.24) is 9.88 Å². The molecule has 2 unspecified atom stereocenters. The maximum atomic E-state index is 11.6. The maximum Gasteiger partial charge on any atom is 0.407 e. The number of carbonyl (C=O) groups is 1. The van der Waals surface area contributed by atoms with Crippen LogP contribution in [0.25, 0.3) is 0 Å². The van der Waals surface area contributed by atoms with Gasteiger partial charge in [0, 0.05) is 48.3 Å². The molecule has 1 aromatic carbocycles. The van der Waals surface area contributed by atoms with Gasteiger partial charge >= 0.3 is 6.09 Å². The molecular formula is C20H26ClN3O3S. The summed E-state index contributed by atoms with van der Waals surface area (Å²) in [7, 11) is 0. The molecule has 2 N–H and O–H groups in total. The van der Waals surface area contributed by atoms with E-state index in [2.05, 4.69) is 31.1 Å². The number of nitrogens with zero attached hydrogens (tertiary/aromatic N) is 2. The fourth-order valence-corrected chi connectivity index (χ4v) is 4.43. The summed E-state index contributed by atoms with van der Waals surface area (Å²) in [5, 5.41) is 12.9. The third-order valence-electron chi connectivity index (χ3n) is 4.93. The second-order valence-electron chi connectivity index (χ2n) is 8.08. The molecule has 0 radical (unpaired) electrons. The number of rotatable bonds is 5. The largest absolute Gasteiger partial charge is 0.490 e. The number of amides is 1. The zero-order valence-corrected chi connectivity index (χ0v) is 17.9. The standard InChI is InChI=1S/C20H26ClN3O3S/c1-20(2,3)17-10-15(7-8-24(17)19(25)26)27-14-6-4-5-13(9-14)22-11-16-12-23-18(21)28-16/h4-6,9,12,15,17,22H,7-8,10-11H2,1-3H3,(H,25,26). The smallest absolute Gasteiger partial charge is 0.407 e. The predicted octanol–water partition coefficient (Wildman–Crippen LogP) is 5.34. The van der Waals surface area contributed by atoms with Crippen molar-refractivity contribution in [2.45, 2.75) is 52.3 Å². The Morgan fingerprint density at radius 2 is 2.25 bits per heavy atom. The number of anilines is 1. The van der Waals surface area contributed by atoms with Gasteiger partial charge in [-0.25, -0.2) is 9.78 Å². The van der Waals surface area contributed by atoms with Crippen LogP contribution >= 0.6 is 22.9 Å². The lowest BCUT2D eigenvalue weighted by Crippen LogP contribution is -2.53. The second kappa shape index (κ2) is 8.57. The summed E-state index contributed by atoms with van der Waals surface area (Å²) >= 11 is 7.32.